The van der Waals surface area contributed by atoms with E-state index in [1.165, 1.54) is 10.6 Å². The molecule has 0 saturated heterocycles. The molecule has 1 aromatic carbocycles. The van der Waals surface area contributed by atoms with Gasteiger partial charge in [-0.1, -0.05) is 12.1 Å². The number of fused-ring (bicyclic) bond motifs is 1. The Morgan fingerprint density at radius 2 is 2.00 bits per heavy atom. The third-order valence-electron chi connectivity index (χ3n) is 5.37. The summed E-state index contributed by atoms with van der Waals surface area (Å²) in [5.74, 6) is 1.33. The number of carbonyl (C=O) groups excluding carboxylic acids is 2. The molecule has 0 bridgehead atoms. The number of ketones is 1. The highest BCUT2D eigenvalue weighted by Crippen LogP contribution is 2.50. The molecule has 24 heavy (non-hydrogen) atoms. The summed E-state index contributed by atoms with van der Waals surface area (Å²) in [6.45, 7) is 0.607. The van der Waals surface area contributed by atoms with Crippen LogP contribution in [0.15, 0.2) is 40.1 Å². The molecule has 1 atom stereocenters. The zero-order valence-electron chi connectivity index (χ0n) is 13.3. The molecule has 5 heteroatoms. The molecule has 0 radical (unpaired) electrons. The molecule has 5 rings (SSSR count). The van der Waals surface area contributed by atoms with Crippen LogP contribution in [0.4, 0.5) is 0 Å². The second-order valence-corrected chi connectivity index (χ2v) is 7.90. The number of benzene rings is 1. The Morgan fingerprint density at radius 1 is 1.08 bits per heavy atom. The first-order valence-electron chi connectivity index (χ1n) is 8.52. The van der Waals surface area contributed by atoms with Gasteiger partial charge in [-0.15, -0.1) is 11.8 Å². The molecule has 3 heterocycles. The highest BCUT2D eigenvalue weighted by molar-refractivity contribution is 8.03. The van der Waals surface area contributed by atoms with Crippen LogP contribution in [0.1, 0.15) is 53.1 Å². The van der Waals surface area contributed by atoms with Crippen molar-refractivity contribution in [1.29, 1.82) is 0 Å². The topological polar surface area (TPSA) is 58.2 Å². The summed E-state index contributed by atoms with van der Waals surface area (Å²) in [5.41, 5.74) is 6.23. The van der Waals surface area contributed by atoms with Gasteiger partial charge in [-0.2, -0.15) is 0 Å². The standard InChI is InChI=1S/C19H18N2O2S/c22-15-3-1-2-13-17(15)16(18-14(21-13)6-7-24-18)10-4-5-11-9-20-19(23)12(11)8-10/h4-5,8,16,21H,1-3,6-7,9H2,(H,20,23). The van der Waals surface area contributed by atoms with E-state index in [-0.39, 0.29) is 17.6 Å². The third kappa shape index (κ3) is 2.00. The van der Waals surface area contributed by atoms with Crippen molar-refractivity contribution in [2.45, 2.75) is 38.1 Å². The Kier molecular flexibility index (Phi) is 3.13. The number of carbonyl (C=O) groups is 2. The number of thioether (sulfide) groups is 1. The molecule has 1 aromatic rings. The van der Waals surface area contributed by atoms with Gasteiger partial charge in [0.1, 0.15) is 0 Å². The minimum atomic E-state index is -0.00163. The van der Waals surface area contributed by atoms with E-state index >= 15 is 0 Å². The summed E-state index contributed by atoms with van der Waals surface area (Å²) in [6.07, 6.45) is 3.55. The maximum absolute atomic E-state index is 12.7. The Morgan fingerprint density at radius 3 is 2.92 bits per heavy atom. The molecule has 2 N–H and O–H groups in total. The van der Waals surface area contributed by atoms with E-state index in [1.807, 2.05) is 23.9 Å². The highest BCUT2D eigenvalue weighted by atomic mass is 32.2. The van der Waals surface area contributed by atoms with Crippen LogP contribution < -0.4 is 10.6 Å². The molecule has 0 spiro atoms. The lowest BCUT2D eigenvalue weighted by Crippen LogP contribution is -2.30. The van der Waals surface area contributed by atoms with Crippen molar-refractivity contribution in [3.8, 4) is 0 Å². The lowest BCUT2D eigenvalue weighted by atomic mass is 9.78. The molecular weight excluding hydrogens is 320 g/mol. The van der Waals surface area contributed by atoms with Crippen molar-refractivity contribution >= 4 is 23.5 Å². The van der Waals surface area contributed by atoms with Crippen molar-refractivity contribution in [2.75, 3.05) is 5.75 Å². The predicted octanol–water partition coefficient (Wildman–Crippen LogP) is 2.97. The summed E-state index contributed by atoms with van der Waals surface area (Å²) >= 11 is 1.85. The fraction of sp³-hybridized carbons (Fsp3) is 0.368. The van der Waals surface area contributed by atoms with Gasteiger partial charge in [-0.25, -0.2) is 0 Å². The van der Waals surface area contributed by atoms with E-state index < -0.39 is 0 Å². The summed E-state index contributed by atoms with van der Waals surface area (Å²) in [7, 11) is 0. The average molecular weight is 338 g/mol. The number of hydrogen-bond acceptors (Lipinski definition) is 4. The fourth-order valence-corrected chi connectivity index (χ4v) is 5.50. The van der Waals surface area contributed by atoms with Crippen LogP contribution in [0.5, 0.6) is 0 Å². The first-order valence-corrected chi connectivity index (χ1v) is 9.51. The van der Waals surface area contributed by atoms with Gasteiger partial charge in [0.05, 0.1) is 0 Å². The first-order chi connectivity index (χ1) is 11.7. The second-order valence-electron chi connectivity index (χ2n) is 6.77. The number of hydrogen-bond donors (Lipinski definition) is 2. The molecule has 0 fully saturated rings. The zero-order chi connectivity index (χ0) is 16.3. The van der Waals surface area contributed by atoms with Gasteiger partial charge >= 0.3 is 0 Å². The van der Waals surface area contributed by atoms with Crippen LogP contribution in [0.2, 0.25) is 0 Å². The van der Waals surface area contributed by atoms with E-state index in [0.717, 1.165) is 53.0 Å². The van der Waals surface area contributed by atoms with Crippen molar-refractivity contribution in [1.82, 2.24) is 10.6 Å². The summed E-state index contributed by atoms with van der Waals surface area (Å²) in [6, 6.07) is 6.15. The van der Waals surface area contributed by atoms with Gasteiger partial charge in [-0.05, 0) is 36.5 Å². The van der Waals surface area contributed by atoms with Gasteiger partial charge < -0.3 is 10.6 Å². The number of allylic oxidation sites excluding steroid dienone is 4. The minimum Gasteiger partial charge on any atom is -0.361 e. The Labute approximate surface area is 144 Å². The Hall–Kier alpha value is -2.01. The molecule has 0 saturated carbocycles. The third-order valence-corrected chi connectivity index (χ3v) is 6.57. The second kappa shape index (κ2) is 5.24. The minimum absolute atomic E-state index is 0.00163. The molecule has 4 nitrogen and oxygen atoms in total. The molecule has 0 aromatic heterocycles. The molecule has 122 valence electrons. The molecule has 1 unspecified atom stereocenters. The first kappa shape index (κ1) is 14.3. The van der Waals surface area contributed by atoms with Gasteiger partial charge in [0, 0.05) is 52.1 Å². The normalized spacial score (nSPS) is 25.2. The van der Waals surface area contributed by atoms with Crippen LogP contribution in [0, 0.1) is 0 Å². The smallest absolute Gasteiger partial charge is 0.251 e. The summed E-state index contributed by atoms with van der Waals surface area (Å²) in [5, 5.41) is 6.43. The van der Waals surface area contributed by atoms with Crippen molar-refractivity contribution in [3.63, 3.8) is 0 Å². The summed E-state index contributed by atoms with van der Waals surface area (Å²) in [4.78, 5) is 26.0. The Bertz CT molecular complexity index is 853. The molecule has 1 aliphatic carbocycles. The molecule has 4 aliphatic rings. The van der Waals surface area contributed by atoms with Crippen LogP contribution in [0.25, 0.3) is 0 Å². The number of amides is 1. The highest BCUT2D eigenvalue weighted by Gasteiger charge is 2.38. The van der Waals surface area contributed by atoms with Crippen LogP contribution >= 0.6 is 11.8 Å². The van der Waals surface area contributed by atoms with Crippen LogP contribution in [-0.2, 0) is 11.3 Å². The fourth-order valence-electron chi connectivity index (χ4n) is 4.22. The molecule has 1 amide bonds. The van der Waals surface area contributed by atoms with E-state index in [0.29, 0.717) is 13.0 Å². The number of dihydropyridines is 1. The van der Waals surface area contributed by atoms with Crippen molar-refractivity contribution < 1.29 is 9.59 Å². The van der Waals surface area contributed by atoms with Gasteiger partial charge in [-0.3, -0.25) is 9.59 Å². The van der Waals surface area contributed by atoms with Crippen molar-refractivity contribution in [2.24, 2.45) is 0 Å². The lowest BCUT2D eigenvalue weighted by Gasteiger charge is -2.33. The van der Waals surface area contributed by atoms with Crippen LogP contribution in [-0.4, -0.2) is 17.4 Å². The molecule has 3 aliphatic heterocycles. The Balaban J connectivity index is 1.67. The average Bonchev–Trinajstić information content (AvgIpc) is 3.20. The van der Waals surface area contributed by atoms with Gasteiger partial charge in [0.2, 0.25) is 0 Å². The van der Waals surface area contributed by atoms with Crippen LogP contribution in [0.3, 0.4) is 0 Å². The van der Waals surface area contributed by atoms with E-state index in [1.54, 1.807) is 0 Å². The largest absolute Gasteiger partial charge is 0.361 e. The SMILES string of the molecule is O=C1CCCC2=C1C(c1ccc3c(c1)C(=O)NC3)C1=C(CCS1)N2. The molecular formula is C19H18N2O2S. The van der Waals surface area contributed by atoms with E-state index in [9.17, 15) is 9.59 Å². The number of Topliss-reactive ketones (excluding diaryl/α,β-unsaturated/α-hetero) is 1. The number of rotatable bonds is 1. The van der Waals surface area contributed by atoms with E-state index in [4.69, 9.17) is 0 Å². The maximum atomic E-state index is 12.7. The predicted molar refractivity (Wildman–Crippen MR) is 93.5 cm³/mol. The summed E-state index contributed by atoms with van der Waals surface area (Å²) < 4.78 is 0. The quantitative estimate of drug-likeness (QED) is 0.826. The monoisotopic (exact) mass is 338 g/mol. The zero-order valence-corrected chi connectivity index (χ0v) is 14.1. The van der Waals surface area contributed by atoms with Crippen molar-refractivity contribution in [3.05, 3.63) is 56.8 Å². The number of nitrogens with one attached hydrogen (secondary N) is 2. The van der Waals surface area contributed by atoms with E-state index in [2.05, 4.69) is 16.7 Å². The maximum Gasteiger partial charge on any atom is 0.251 e. The van der Waals surface area contributed by atoms with Gasteiger partial charge in [0.25, 0.3) is 5.91 Å². The lowest BCUT2D eigenvalue weighted by molar-refractivity contribution is -0.116. The van der Waals surface area contributed by atoms with Gasteiger partial charge in [0.15, 0.2) is 5.78 Å².